The minimum Gasteiger partial charge on any atom is -0.478 e. The number of rotatable bonds is 4. The van der Waals surface area contributed by atoms with E-state index in [2.05, 4.69) is 0 Å². The van der Waals surface area contributed by atoms with Gasteiger partial charge < -0.3 is 15.6 Å². The molecule has 21 heavy (non-hydrogen) atoms. The molecule has 0 saturated heterocycles. The SMILES string of the molecule is NC(=O)c1ccc(Oc2ccc(Cl)cc2C(=O)O)cc1F. The van der Waals surface area contributed by atoms with Crippen LogP contribution in [0.1, 0.15) is 20.7 Å². The van der Waals surface area contributed by atoms with Crippen LogP contribution in [-0.2, 0) is 0 Å². The van der Waals surface area contributed by atoms with Crippen LogP contribution in [0.5, 0.6) is 11.5 Å². The first-order valence-corrected chi connectivity index (χ1v) is 6.06. The Balaban J connectivity index is 2.37. The molecule has 0 saturated carbocycles. The standard InChI is InChI=1S/C14H9ClFNO4/c15-7-1-4-12(10(5-7)14(19)20)21-8-2-3-9(13(17)18)11(16)6-8/h1-6H,(H2,17,18)(H,19,20). The van der Waals surface area contributed by atoms with Gasteiger partial charge >= 0.3 is 5.97 Å². The molecule has 0 aromatic heterocycles. The average Bonchev–Trinajstić information content (AvgIpc) is 2.40. The van der Waals surface area contributed by atoms with Crippen molar-refractivity contribution >= 4 is 23.5 Å². The molecule has 0 bridgehead atoms. The van der Waals surface area contributed by atoms with Crippen LogP contribution in [0.15, 0.2) is 36.4 Å². The number of carboxylic acid groups (broad SMARTS) is 1. The molecule has 108 valence electrons. The maximum absolute atomic E-state index is 13.6. The maximum atomic E-state index is 13.6. The highest BCUT2D eigenvalue weighted by atomic mass is 35.5. The predicted octanol–water partition coefficient (Wildman–Crippen LogP) is 3.07. The first-order chi connectivity index (χ1) is 9.88. The van der Waals surface area contributed by atoms with Crippen molar-refractivity contribution in [1.29, 1.82) is 0 Å². The molecule has 0 unspecified atom stereocenters. The van der Waals surface area contributed by atoms with E-state index in [1.165, 1.54) is 24.3 Å². The van der Waals surface area contributed by atoms with Gasteiger partial charge in [-0.1, -0.05) is 11.6 Å². The Morgan fingerprint density at radius 3 is 2.43 bits per heavy atom. The summed E-state index contributed by atoms with van der Waals surface area (Å²) in [5, 5.41) is 9.30. The van der Waals surface area contributed by atoms with E-state index in [1.807, 2.05) is 0 Å². The smallest absolute Gasteiger partial charge is 0.339 e. The van der Waals surface area contributed by atoms with Crippen LogP contribution in [0, 0.1) is 5.82 Å². The Hall–Kier alpha value is -2.60. The van der Waals surface area contributed by atoms with Crippen molar-refractivity contribution in [3.8, 4) is 11.5 Å². The first-order valence-electron chi connectivity index (χ1n) is 5.68. The summed E-state index contributed by atoms with van der Waals surface area (Å²) in [5.74, 6) is -2.97. The summed E-state index contributed by atoms with van der Waals surface area (Å²) in [6.07, 6.45) is 0. The van der Waals surface area contributed by atoms with Crippen molar-refractivity contribution in [2.24, 2.45) is 5.73 Å². The van der Waals surface area contributed by atoms with Gasteiger partial charge in [-0.15, -0.1) is 0 Å². The molecule has 2 rings (SSSR count). The summed E-state index contributed by atoms with van der Waals surface area (Å²) in [6, 6.07) is 7.42. The molecule has 0 spiro atoms. The fourth-order valence-corrected chi connectivity index (χ4v) is 1.82. The highest BCUT2D eigenvalue weighted by Gasteiger charge is 2.14. The van der Waals surface area contributed by atoms with Crippen molar-refractivity contribution in [3.63, 3.8) is 0 Å². The van der Waals surface area contributed by atoms with Gasteiger partial charge in [-0.05, 0) is 30.3 Å². The zero-order chi connectivity index (χ0) is 15.6. The van der Waals surface area contributed by atoms with E-state index in [0.717, 1.165) is 12.1 Å². The number of hydrogen-bond donors (Lipinski definition) is 2. The van der Waals surface area contributed by atoms with E-state index in [4.69, 9.17) is 27.2 Å². The molecule has 1 amide bonds. The van der Waals surface area contributed by atoms with Gasteiger partial charge in [0, 0.05) is 11.1 Å². The van der Waals surface area contributed by atoms with Gasteiger partial charge in [-0.3, -0.25) is 4.79 Å². The molecule has 0 aliphatic carbocycles. The minimum absolute atomic E-state index is 0.00174. The number of benzene rings is 2. The van der Waals surface area contributed by atoms with E-state index >= 15 is 0 Å². The number of carboxylic acids is 1. The normalized spacial score (nSPS) is 10.2. The molecule has 0 radical (unpaired) electrons. The fourth-order valence-electron chi connectivity index (χ4n) is 1.64. The number of primary amides is 1. The van der Waals surface area contributed by atoms with Gasteiger partial charge in [0.2, 0.25) is 0 Å². The highest BCUT2D eigenvalue weighted by Crippen LogP contribution is 2.29. The third kappa shape index (κ3) is 3.29. The highest BCUT2D eigenvalue weighted by molar-refractivity contribution is 6.31. The monoisotopic (exact) mass is 309 g/mol. The van der Waals surface area contributed by atoms with Gasteiger partial charge in [0.1, 0.15) is 22.9 Å². The Morgan fingerprint density at radius 1 is 1.14 bits per heavy atom. The van der Waals surface area contributed by atoms with Crippen LogP contribution in [-0.4, -0.2) is 17.0 Å². The zero-order valence-corrected chi connectivity index (χ0v) is 11.2. The molecule has 3 N–H and O–H groups in total. The van der Waals surface area contributed by atoms with E-state index < -0.39 is 17.7 Å². The quantitative estimate of drug-likeness (QED) is 0.908. The summed E-state index contributed by atoms with van der Waals surface area (Å²) in [6.45, 7) is 0. The van der Waals surface area contributed by atoms with Crippen molar-refractivity contribution in [1.82, 2.24) is 0 Å². The second-order valence-corrected chi connectivity index (χ2v) is 4.49. The second kappa shape index (κ2) is 5.80. The number of ether oxygens (including phenoxy) is 1. The Morgan fingerprint density at radius 2 is 1.86 bits per heavy atom. The summed E-state index contributed by atoms with van der Waals surface area (Å²) in [7, 11) is 0. The van der Waals surface area contributed by atoms with Gasteiger partial charge in [0.15, 0.2) is 0 Å². The fraction of sp³-hybridized carbons (Fsp3) is 0. The van der Waals surface area contributed by atoms with Crippen LogP contribution < -0.4 is 10.5 Å². The van der Waals surface area contributed by atoms with E-state index in [9.17, 15) is 14.0 Å². The van der Waals surface area contributed by atoms with Gasteiger partial charge in [0.25, 0.3) is 5.91 Å². The molecule has 7 heteroatoms. The zero-order valence-electron chi connectivity index (χ0n) is 10.5. The summed E-state index contributed by atoms with van der Waals surface area (Å²) in [5.41, 5.74) is 4.54. The number of hydrogen-bond acceptors (Lipinski definition) is 3. The van der Waals surface area contributed by atoms with Crippen LogP contribution in [0.3, 0.4) is 0 Å². The molecule has 0 heterocycles. The topological polar surface area (TPSA) is 89.6 Å². The van der Waals surface area contributed by atoms with Gasteiger partial charge in [-0.2, -0.15) is 0 Å². The molecule has 0 atom stereocenters. The van der Waals surface area contributed by atoms with Crippen molar-refractivity contribution in [2.75, 3.05) is 0 Å². The number of carbonyl (C=O) groups is 2. The lowest BCUT2D eigenvalue weighted by molar-refractivity contribution is 0.0694. The minimum atomic E-state index is -1.23. The van der Waals surface area contributed by atoms with Gasteiger partial charge in [-0.25, -0.2) is 9.18 Å². The lowest BCUT2D eigenvalue weighted by atomic mass is 10.2. The number of aromatic carboxylic acids is 1. The Labute approximate surface area is 123 Å². The Kier molecular flexibility index (Phi) is 4.09. The first kappa shape index (κ1) is 14.8. The van der Waals surface area contributed by atoms with E-state index in [1.54, 1.807) is 0 Å². The third-order valence-corrected chi connectivity index (χ3v) is 2.84. The number of nitrogens with two attached hydrogens (primary N) is 1. The van der Waals surface area contributed by atoms with Crippen LogP contribution >= 0.6 is 11.6 Å². The van der Waals surface area contributed by atoms with Crippen molar-refractivity contribution in [3.05, 3.63) is 58.4 Å². The second-order valence-electron chi connectivity index (χ2n) is 4.05. The number of amides is 1. The lowest BCUT2D eigenvalue weighted by Crippen LogP contribution is -2.12. The molecule has 2 aromatic carbocycles. The van der Waals surface area contributed by atoms with Crippen LogP contribution in [0.25, 0.3) is 0 Å². The molecule has 2 aromatic rings. The molecular weight excluding hydrogens is 301 g/mol. The molecule has 0 fully saturated rings. The largest absolute Gasteiger partial charge is 0.478 e. The summed E-state index contributed by atoms with van der Waals surface area (Å²) >= 11 is 5.71. The molecular formula is C14H9ClFNO4. The van der Waals surface area contributed by atoms with Crippen molar-refractivity contribution < 1.29 is 23.8 Å². The lowest BCUT2D eigenvalue weighted by Gasteiger charge is -2.10. The van der Waals surface area contributed by atoms with Crippen LogP contribution in [0.2, 0.25) is 5.02 Å². The average molecular weight is 310 g/mol. The van der Waals surface area contributed by atoms with Gasteiger partial charge in [0.05, 0.1) is 5.56 Å². The van der Waals surface area contributed by atoms with Crippen LogP contribution in [0.4, 0.5) is 4.39 Å². The predicted molar refractivity (Wildman–Crippen MR) is 73.4 cm³/mol. The number of halogens is 2. The third-order valence-electron chi connectivity index (χ3n) is 2.61. The van der Waals surface area contributed by atoms with Crippen molar-refractivity contribution in [2.45, 2.75) is 0 Å². The molecule has 0 aliphatic rings. The maximum Gasteiger partial charge on any atom is 0.339 e. The number of carbonyl (C=O) groups excluding carboxylic acids is 1. The Bertz CT molecular complexity index is 733. The summed E-state index contributed by atoms with van der Waals surface area (Å²) < 4.78 is 18.9. The summed E-state index contributed by atoms with van der Waals surface area (Å²) in [4.78, 5) is 22.0. The molecule has 5 nitrogen and oxygen atoms in total. The molecule has 0 aliphatic heterocycles. The van der Waals surface area contributed by atoms with E-state index in [0.29, 0.717) is 0 Å². The van der Waals surface area contributed by atoms with E-state index in [-0.39, 0.29) is 27.6 Å².